The summed E-state index contributed by atoms with van der Waals surface area (Å²) >= 11 is 0. The molecule has 1 aromatic carbocycles. The van der Waals surface area contributed by atoms with E-state index >= 15 is 0 Å². The molecule has 1 aliphatic rings. The lowest BCUT2D eigenvalue weighted by atomic mass is 9.90. The number of primary amides is 1. The summed E-state index contributed by atoms with van der Waals surface area (Å²) in [5, 5.41) is 3.19. The number of amides is 1. The Kier molecular flexibility index (Phi) is 6.54. The van der Waals surface area contributed by atoms with Crippen LogP contribution in [0.15, 0.2) is 24.3 Å². The second-order valence-electron chi connectivity index (χ2n) is 5.85. The quantitative estimate of drug-likeness (QED) is 0.723. The fourth-order valence-electron chi connectivity index (χ4n) is 2.72. The van der Waals surface area contributed by atoms with Crippen LogP contribution in [0.1, 0.15) is 44.1 Å². The summed E-state index contributed by atoms with van der Waals surface area (Å²) in [5.41, 5.74) is 6.28. The van der Waals surface area contributed by atoms with Crippen LogP contribution in [-0.4, -0.2) is 19.1 Å². The molecular weight excluding hydrogens is 264 g/mol. The SMILES string of the molecule is NC(=O)CCNCc1ccc(OCC2CCCCC2)cc1. The van der Waals surface area contributed by atoms with E-state index in [-0.39, 0.29) is 5.91 Å². The maximum atomic E-state index is 10.6. The van der Waals surface area contributed by atoms with Crippen molar-refractivity contribution in [2.45, 2.75) is 45.1 Å². The van der Waals surface area contributed by atoms with E-state index < -0.39 is 0 Å². The van der Waals surface area contributed by atoms with Gasteiger partial charge in [-0.05, 0) is 36.5 Å². The van der Waals surface area contributed by atoms with Crippen LogP contribution in [0.25, 0.3) is 0 Å². The monoisotopic (exact) mass is 290 g/mol. The Balaban J connectivity index is 1.67. The van der Waals surface area contributed by atoms with Crippen molar-refractivity contribution < 1.29 is 9.53 Å². The lowest BCUT2D eigenvalue weighted by Gasteiger charge is -2.21. The highest BCUT2D eigenvalue weighted by atomic mass is 16.5. The van der Waals surface area contributed by atoms with Gasteiger partial charge in [-0.2, -0.15) is 0 Å². The van der Waals surface area contributed by atoms with Crippen molar-refractivity contribution in [1.82, 2.24) is 5.32 Å². The first-order valence-electron chi connectivity index (χ1n) is 7.95. The predicted molar refractivity (Wildman–Crippen MR) is 84.0 cm³/mol. The smallest absolute Gasteiger partial charge is 0.218 e. The van der Waals surface area contributed by atoms with Crippen molar-refractivity contribution >= 4 is 5.91 Å². The zero-order valence-corrected chi connectivity index (χ0v) is 12.6. The number of carbonyl (C=O) groups is 1. The lowest BCUT2D eigenvalue weighted by Crippen LogP contribution is -2.21. The molecule has 0 bridgehead atoms. The highest BCUT2D eigenvalue weighted by Gasteiger charge is 2.13. The third-order valence-electron chi connectivity index (χ3n) is 4.01. The number of hydrogen-bond donors (Lipinski definition) is 2. The van der Waals surface area contributed by atoms with Gasteiger partial charge in [0.05, 0.1) is 6.61 Å². The molecule has 0 aliphatic heterocycles. The maximum Gasteiger partial charge on any atom is 0.218 e. The Morgan fingerprint density at radius 1 is 1.19 bits per heavy atom. The highest BCUT2D eigenvalue weighted by molar-refractivity contribution is 5.73. The van der Waals surface area contributed by atoms with Crippen molar-refractivity contribution in [3.05, 3.63) is 29.8 Å². The molecular formula is C17H26N2O2. The number of nitrogens with one attached hydrogen (secondary N) is 1. The normalized spacial score (nSPS) is 15.8. The Labute approximate surface area is 127 Å². The molecule has 0 unspecified atom stereocenters. The van der Waals surface area contributed by atoms with Crippen molar-refractivity contribution in [3.63, 3.8) is 0 Å². The first-order valence-corrected chi connectivity index (χ1v) is 7.95. The summed E-state index contributed by atoms with van der Waals surface area (Å²) in [5.74, 6) is 1.41. The molecule has 2 rings (SSSR count). The van der Waals surface area contributed by atoms with Gasteiger partial charge in [-0.1, -0.05) is 31.4 Å². The van der Waals surface area contributed by atoms with Crippen molar-refractivity contribution in [2.24, 2.45) is 11.7 Å². The van der Waals surface area contributed by atoms with E-state index in [4.69, 9.17) is 10.5 Å². The van der Waals surface area contributed by atoms with E-state index in [1.165, 1.54) is 37.7 Å². The van der Waals surface area contributed by atoms with Gasteiger partial charge >= 0.3 is 0 Å². The fourth-order valence-corrected chi connectivity index (χ4v) is 2.72. The number of benzene rings is 1. The van der Waals surface area contributed by atoms with Crippen molar-refractivity contribution in [1.29, 1.82) is 0 Å². The van der Waals surface area contributed by atoms with Gasteiger partial charge in [-0.15, -0.1) is 0 Å². The van der Waals surface area contributed by atoms with Crippen LogP contribution in [0.3, 0.4) is 0 Å². The van der Waals surface area contributed by atoms with E-state index in [0.717, 1.165) is 24.8 Å². The molecule has 0 spiro atoms. The Hall–Kier alpha value is -1.55. The standard InChI is InChI=1S/C17H26N2O2/c18-17(20)10-11-19-12-14-6-8-16(9-7-14)21-13-15-4-2-1-3-5-15/h6-9,15,19H,1-5,10-13H2,(H2,18,20). The molecule has 1 saturated carbocycles. The summed E-state index contributed by atoms with van der Waals surface area (Å²) in [6, 6.07) is 8.17. The largest absolute Gasteiger partial charge is 0.493 e. The number of carbonyl (C=O) groups excluding carboxylic acids is 1. The van der Waals surface area contributed by atoms with Crippen LogP contribution in [0.5, 0.6) is 5.75 Å². The van der Waals surface area contributed by atoms with Gasteiger partial charge in [0, 0.05) is 19.5 Å². The van der Waals surface area contributed by atoms with Gasteiger partial charge in [-0.3, -0.25) is 4.79 Å². The first-order chi connectivity index (χ1) is 10.2. The highest BCUT2D eigenvalue weighted by Crippen LogP contribution is 2.24. The van der Waals surface area contributed by atoms with Gasteiger partial charge < -0.3 is 15.8 Å². The second kappa shape index (κ2) is 8.67. The van der Waals surface area contributed by atoms with E-state index in [1.807, 2.05) is 12.1 Å². The van der Waals surface area contributed by atoms with Gasteiger partial charge in [0.25, 0.3) is 0 Å². The molecule has 0 saturated heterocycles. The summed E-state index contributed by atoms with van der Waals surface area (Å²) in [4.78, 5) is 10.6. The third kappa shape index (κ3) is 6.17. The van der Waals surface area contributed by atoms with E-state index in [0.29, 0.717) is 13.0 Å². The van der Waals surface area contributed by atoms with Gasteiger partial charge in [-0.25, -0.2) is 0 Å². The molecule has 0 heterocycles. The maximum absolute atomic E-state index is 10.6. The zero-order valence-electron chi connectivity index (χ0n) is 12.6. The van der Waals surface area contributed by atoms with Crippen molar-refractivity contribution in [3.8, 4) is 5.75 Å². The molecule has 0 atom stereocenters. The number of ether oxygens (including phenoxy) is 1. The molecule has 4 nitrogen and oxygen atoms in total. The summed E-state index contributed by atoms with van der Waals surface area (Å²) in [6.45, 7) is 2.21. The van der Waals surface area contributed by atoms with Crippen LogP contribution in [0.2, 0.25) is 0 Å². The molecule has 4 heteroatoms. The van der Waals surface area contributed by atoms with Crippen LogP contribution in [0, 0.1) is 5.92 Å². The summed E-state index contributed by atoms with van der Waals surface area (Å²) < 4.78 is 5.88. The topological polar surface area (TPSA) is 64.4 Å². The van der Waals surface area contributed by atoms with Crippen molar-refractivity contribution in [2.75, 3.05) is 13.2 Å². The van der Waals surface area contributed by atoms with Crippen LogP contribution in [-0.2, 0) is 11.3 Å². The molecule has 3 N–H and O–H groups in total. The predicted octanol–water partition coefficient (Wildman–Crippen LogP) is 2.61. The average molecular weight is 290 g/mol. The zero-order chi connectivity index (χ0) is 14.9. The van der Waals surface area contributed by atoms with E-state index in [9.17, 15) is 4.79 Å². The molecule has 0 radical (unpaired) electrons. The molecule has 0 aromatic heterocycles. The molecule has 116 valence electrons. The minimum Gasteiger partial charge on any atom is -0.493 e. The van der Waals surface area contributed by atoms with E-state index in [2.05, 4.69) is 17.4 Å². The molecule has 1 aliphatic carbocycles. The Bertz CT molecular complexity index is 425. The Morgan fingerprint density at radius 2 is 1.90 bits per heavy atom. The minimum atomic E-state index is -0.269. The van der Waals surface area contributed by atoms with Gasteiger partial charge in [0.2, 0.25) is 5.91 Å². The number of hydrogen-bond acceptors (Lipinski definition) is 3. The third-order valence-corrected chi connectivity index (χ3v) is 4.01. The minimum absolute atomic E-state index is 0.269. The van der Waals surface area contributed by atoms with Gasteiger partial charge in [0.1, 0.15) is 5.75 Å². The number of rotatable bonds is 8. The number of nitrogens with two attached hydrogens (primary N) is 1. The average Bonchev–Trinajstić information content (AvgIpc) is 2.51. The second-order valence-corrected chi connectivity index (χ2v) is 5.85. The lowest BCUT2D eigenvalue weighted by molar-refractivity contribution is -0.117. The molecule has 1 fully saturated rings. The summed E-state index contributed by atoms with van der Waals surface area (Å²) in [6.07, 6.45) is 7.08. The Morgan fingerprint density at radius 3 is 2.57 bits per heavy atom. The van der Waals surface area contributed by atoms with Crippen LogP contribution in [0.4, 0.5) is 0 Å². The fraction of sp³-hybridized carbons (Fsp3) is 0.588. The first kappa shape index (κ1) is 15.8. The van der Waals surface area contributed by atoms with Gasteiger partial charge in [0.15, 0.2) is 0 Å². The molecule has 1 aromatic rings. The molecule has 21 heavy (non-hydrogen) atoms. The van der Waals surface area contributed by atoms with Crippen LogP contribution < -0.4 is 15.8 Å². The summed E-state index contributed by atoms with van der Waals surface area (Å²) in [7, 11) is 0. The van der Waals surface area contributed by atoms with Crippen LogP contribution >= 0.6 is 0 Å². The van der Waals surface area contributed by atoms with E-state index in [1.54, 1.807) is 0 Å². The molecule has 1 amide bonds.